The largest absolute Gasteiger partial charge is 0.361 e. The first-order valence-electron chi connectivity index (χ1n) is 5.05. The van der Waals surface area contributed by atoms with Crippen LogP contribution in [0.5, 0.6) is 0 Å². The molecule has 0 radical (unpaired) electrons. The van der Waals surface area contributed by atoms with E-state index in [1.807, 2.05) is 6.07 Å². The average molecular weight is 316 g/mol. The Bertz CT molecular complexity index is 392. The smallest absolute Gasteiger partial charge is 0.243 e. The summed E-state index contributed by atoms with van der Waals surface area (Å²) in [5.74, 6) is 0.0814. The van der Waals surface area contributed by atoms with Crippen LogP contribution in [0.4, 0.5) is 11.4 Å². The normalized spacial score (nSPS) is 14.8. The Kier molecular flexibility index (Phi) is 3.14. The van der Waals surface area contributed by atoms with E-state index in [0.29, 0.717) is 6.54 Å². The van der Waals surface area contributed by atoms with E-state index in [1.165, 1.54) is 0 Å². The summed E-state index contributed by atoms with van der Waals surface area (Å²) in [4.78, 5) is 13.6. The van der Waals surface area contributed by atoms with Gasteiger partial charge in [-0.1, -0.05) is 6.92 Å². The van der Waals surface area contributed by atoms with Crippen LogP contribution in [-0.2, 0) is 4.79 Å². The fraction of sp³-hybridized carbons (Fsp3) is 0.364. The second kappa shape index (κ2) is 4.38. The van der Waals surface area contributed by atoms with Crippen molar-refractivity contribution in [2.45, 2.75) is 13.3 Å². The zero-order valence-corrected chi connectivity index (χ0v) is 10.7. The molecule has 2 rings (SSSR count). The van der Waals surface area contributed by atoms with Crippen molar-refractivity contribution in [1.82, 2.24) is 0 Å². The lowest BCUT2D eigenvalue weighted by Crippen LogP contribution is -2.38. The summed E-state index contributed by atoms with van der Waals surface area (Å²) in [6, 6.07) is 6.15. The molecule has 80 valence electrons. The number of benzene rings is 1. The van der Waals surface area contributed by atoms with Gasteiger partial charge in [0.15, 0.2) is 0 Å². The molecule has 0 aromatic heterocycles. The van der Waals surface area contributed by atoms with Gasteiger partial charge in [0.1, 0.15) is 0 Å². The summed E-state index contributed by atoms with van der Waals surface area (Å²) in [7, 11) is 0. The fourth-order valence-corrected chi connectivity index (χ4v) is 2.29. The zero-order chi connectivity index (χ0) is 10.8. The van der Waals surface area contributed by atoms with Gasteiger partial charge in [-0.05, 0) is 47.2 Å². The number of nitrogens with zero attached hydrogens (tertiary/aromatic N) is 1. The zero-order valence-electron chi connectivity index (χ0n) is 8.59. The number of carbonyl (C=O) groups is 1. The summed E-state index contributed by atoms with van der Waals surface area (Å²) in [5.41, 5.74) is 2.07. The molecule has 1 aromatic carbocycles. The van der Waals surface area contributed by atoms with Gasteiger partial charge >= 0.3 is 0 Å². The molecular formula is C11H13IN2O. The van der Waals surface area contributed by atoms with Crippen LogP contribution in [0.2, 0.25) is 0 Å². The summed E-state index contributed by atoms with van der Waals surface area (Å²) < 4.78 is 1.14. The molecule has 0 unspecified atom stereocenters. The van der Waals surface area contributed by atoms with Crippen LogP contribution in [0.1, 0.15) is 13.3 Å². The van der Waals surface area contributed by atoms with Gasteiger partial charge in [0.2, 0.25) is 5.91 Å². The molecule has 0 aliphatic carbocycles. The molecule has 3 nitrogen and oxygen atoms in total. The van der Waals surface area contributed by atoms with Gasteiger partial charge in [-0.3, -0.25) is 4.79 Å². The van der Waals surface area contributed by atoms with E-state index in [0.717, 1.165) is 27.9 Å². The maximum absolute atomic E-state index is 11.5. The summed E-state index contributed by atoms with van der Waals surface area (Å²) in [6.07, 6.45) is 1.05. The molecule has 0 saturated carbocycles. The van der Waals surface area contributed by atoms with Crippen LogP contribution >= 0.6 is 22.6 Å². The number of amides is 1. The number of hydrogen-bond donors (Lipinski definition) is 1. The number of nitrogens with one attached hydrogen (secondary N) is 1. The molecule has 4 heteroatoms. The van der Waals surface area contributed by atoms with Gasteiger partial charge in [0.05, 0.1) is 17.9 Å². The van der Waals surface area contributed by atoms with E-state index in [-0.39, 0.29) is 5.91 Å². The molecule has 1 heterocycles. The minimum atomic E-state index is 0.0814. The Hall–Kier alpha value is -0.780. The van der Waals surface area contributed by atoms with Gasteiger partial charge in [0.25, 0.3) is 0 Å². The fourth-order valence-electron chi connectivity index (χ4n) is 1.80. The highest BCUT2D eigenvalue weighted by Gasteiger charge is 2.20. The lowest BCUT2D eigenvalue weighted by Gasteiger charge is -2.30. The maximum Gasteiger partial charge on any atom is 0.243 e. The maximum atomic E-state index is 11.5. The van der Waals surface area contributed by atoms with Crippen LogP contribution in [0.3, 0.4) is 0 Å². The Morgan fingerprint density at radius 3 is 3.07 bits per heavy atom. The Balaban J connectivity index is 2.37. The molecule has 15 heavy (non-hydrogen) atoms. The van der Waals surface area contributed by atoms with Gasteiger partial charge < -0.3 is 10.2 Å². The van der Waals surface area contributed by atoms with E-state index >= 15 is 0 Å². The van der Waals surface area contributed by atoms with Crippen LogP contribution in [-0.4, -0.2) is 19.0 Å². The second-order valence-corrected chi connectivity index (χ2v) is 4.88. The Morgan fingerprint density at radius 2 is 2.33 bits per heavy atom. The molecule has 1 N–H and O–H groups in total. The summed E-state index contributed by atoms with van der Waals surface area (Å²) >= 11 is 2.25. The highest BCUT2D eigenvalue weighted by molar-refractivity contribution is 14.1. The summed E-state index contributed by atoms with van der Waals surface area (Å²) in [5, 5.41) is 2.90. The van der Waals surface area contributed by atoms with Crippen molar-refractivity contribution in [3.05, 3.63) is 21.8 Å². The van der Waals surface area contributed by atoms with Gasteiger partial charge in [-0.25, -0.2) is 0 Å². The Labute approximate surface area is 103 Å². The molecule has 0 saturated heterocycles. The third kappa shape index (κ3) is 2.25. The lowest BCUT2D eigenvalue weighted by atomic mass is 10.2. The minimum absolute atomic E-state index is 0.0814. The highest BCUT2D eigenvalue weighted by Crippen LogP contribution is 2.30. The first kappa shape index (κ1) is 10.7. The minimum Gasteiger partial charge on any atom is -0.361 e. The van der Waals surface area contributed by atoms with E-state index in [4.69, 9.17) is 0 Å². The third-order valence-electron chi connectivity index (χ3n) is 2.40. The number of hydrogen-bond acceptors (Lipinski definition) is 2. The average Bonchev–Trinajstić information content (AvgIpc) is 2.17. The molecule has 0 fully saturated rings. The molecule has 1 aliphatic rings. The first-order valence-corrected chi connectivity index (χ1v) is 6.13. The van der Waals surface area contributed by atoms with Crippen LogP contribution < -0.4 is 10.2 Å². The van der Waals surface area contributed by atoms with Crippen molar-refractivity contribution in [1.29, 1.82) is 0 Å². The standard InChI is InChI=1S/C11H13IN2O/c1-2-5-14-7-11(15)13-9-6-8(12)3-4-10(9)14/h3-4,6H,2,5,7H2,1H3,(H,13,15). The van der Waals surface area contributed by atoms with E-state index in [2.05, 4.69) is 51.9 Å². The van der Waals surface area contributed by atoms with E-state index in [9.17, 15) is 4.79 Å². The van der Waals surface area contributed by atoms with Crippen molar-refractivity contribution >= 4 is 39.9 Å². The molecule has 1 amide bonds. The lowest BCUT2D eigenvalue weighted by molar-refractivity contribution is -0.115. The van der Waals surface area contributed by atoms with Crippen molar-refractivity contribution in [2.24, 2.45) is 0 Å². The van der Waals surface area contributed by atoms with Crippen LogP contribution in [0.25, 0.3) is 0 Å². The number of fused-ring (bicyclic) bond motifs is 1. The van der Waals surface area contributed by atoms with Gasteiger partial charge in [-0.15, -0.1) is 0 Å². The topological polar surface area (TPSA) is 32.3 Å². The summed E-state index contributed by atoms with van der Waals surface area (Å²) in [6.45, 7) is 3.53. The number of rotatable bonds is 2. The van der Waals surface area contributed by atoms with Crippen molar-refractivity contribution in [2.75, 3.05) is 23.3 Å². The third-order valence-corrected chi connectivity index (χ3v) is 3.07. The van der Waals surface area contributed by atoms with Gasteiger partial charge in [0, 0.05) is 10.1 Å². The van der Waals surface area contributed by atoms with E-state index in [1.54, 1.807) is 0 Å². The SMILES string of the molecule is CCCN1CC(=O)Nc2cc(I)ccc21. The molecule has 0 spiro atoms. The van der Waals surface area contributed by atoms with Gasteiger partial charge in [-0.2, -0.15) is 0 Å². The van der Waals surface area contributed by atoms with E-state index < -0.39 is 0 Å². The second-order valence-electron chi connectivity index (χ2n) is 3.63. The highest BCUT2D eigenvalue weighted by atomic mass is 127. The predicted octanol–water partition coefficient (Wildman–Crippen LogP) is 2.46. The first-order chi connectivity index (χ1) is 7.20. The number of carbonyl (C=O) groups excluding carboxylic acids is 1. The number of halogens is 1. The van der Waals surface area contributed by atoms with Crippen molar-refractivity contribution in [3.63, 3.8) is 0 Å². The predicted molar refractivity (Wildman–Crippen MR) is 70.3 cm³/mol. The number of anilines is 2. The van der Waals surface area contributed by atoms with Crippen LogP contribution in [0, 0.1) is 3.57 Å². The molecule has 1 aliphatic heterocycles. The molecule has 0 bridgehead atoms. The molecule has 0 atom stereocenters. The Morgan fingerprint density at radius 1 is 1.53 bits per heavy atom. The van der Waals surface area contributed by atoms with Crippen molar-refractivity contribution < 1.29 is 4.79 Å². The van der Waals surface area contributed by atoms with Crippen molar-refractivity contribution in [3.8, 4) is 0 Å². The molecular weight excluding hydrogens is 303 g/mol. The quantitative estimate of drug-likeness (QED) is 0.850. The monoisotopic (exact) mass is 316 g/mol. The van der Waals surface area contributed by atoms with Crippen LogP contribution in [0.15, 0.2) is 18.2 Å². The molecule has 1 aromatic rings.